The highest BCUT2D eigenvalue weighted by Gasteiger charge is 2.32. The van der Waals surface area contributed by atoms with Gasteiger partial charge >= 0.3 is 0 Å². The second-order valence-corrected chi connectivity index (χ2v) is 7.89. The molecule has 0 radical (unpaired) electrons. The van der Waals surface area contributed by atoms with Crippen LogP contribution in [0, 0.1) is 0 Å². The van der Waals surface area contributed by atoms with E-state index in [1.807, 2.05) is 35.2 Å². The minimum Gasteiger partial charge on any atom is -0.382 e. The van der Waals surface area contributed by atoms with Gasteiger partial charge in [0, 0.05) is 30.9 Å². The van der Waals surface area contributed by atoms with E-state index in [-0.39, 0.29) is 5.91 Å². The maximum atomic E-state index is 12.7. The van der Waals surface area contributed by atoms with Gasteiger partial charge in [0.2, 0.25) is 5.91 Å². The first-order valence-corrected chi connectivity index (χ1v) is 10.2. The van der Waals surface area contributed by atoms with Gasteiger partial charge in [0.1, 0.15) is 0 Å². The van der Waals surface area contributed by atoms with E-state index in [2.05, 4.69) is 34.5 Å². The van der Waals surface area contributed by atoms with Crippen LogP contribution in [-0.4, -0.2) is 42.5 Å². The van der Waals surface area contributed by atoms with E-state index in [0.717, 1.165) is 37.9 Å². The summed E-state index contributed by atoms with van der Waals surface area (Å²) in [6.45, 7) is 2.12. The van der Waals surface area contributed by atoms with E-state index in [1.54, 1.807) is 0 Å². The van der Waals surface area contributed by atoms with Gasteiger partial charge < -0.3 is 10.2 Å². The third-order valence-electron chi connectivity index (χ3n) is 5.75. The van der Waals surface area contributed by atoms with Crippen LogP contribution in [0.3, 0.4) is 0 Å². The van der Waals surface area contributed by atoms with Crippen LogP contribution in [0.25, 0.3) is 0 Å². The van der Waals surface area contributed by atoms with Crippen molar-refractivity contribution in [2.24, 2.45) is 0 Å². The Hall–Kier alpha value is -2.04. The quantitative estimate of drug-likeness (QED) is 0.849. The maximum absolute atomic E-state index is 12.7. The monoisotopic (exact) mass is 383 g/mol. The predicted octanol–water partition coefficient (Wildman–Crippen LogP) is 4.41. The van der Waals surface area contributed by atoms with Crippen molar-refractivity contribution in [2.75, 3.05) is 29.9 Å². The molecule has 1 aliphatic carbocycles. The summed E-state index contributed by atoms with van der Waals surface area (Å²) >= 11 is 6.28. The lowest BCUT2D eigenvalue weighted by Gasteiger charge is -2.41. The lowest BCUT2D eigenvalue weighted by molar-refractivity contribution is -0.122. The van der Waals surface area contributed by atoms with Crippen molar-refractivity contribution >= 4 is 28.9 Å². The van der Waals surface area contributed by atoms with Crippen molar-refractivity contribution in [3.63, 3.8) is 0 Å². The summed E-state index contributed by atoms with van der Waals surface area (Å²) in [5.41, 5.74) is 2.03. The number of anilines is 2. The molecule has 0 unspecified atom stereocenters. The summed E-state index contributed by atoms with van der Waals surface area (Å²) in [7, 11) is 0. The predicted molar refractivity (Wildman–Crippen MR) is 111 cm³/mol. The molecule has 1 saturated heterocycles. The lowest BCUT2D eigenvalue weighted by Crippen LogP contribution is -2.54. The van der Waals surface area contributed by atoms with Crippen LogP contribution in [0.15, 0.2) is 54.6 Å². The van der Waals surface area contributed by atoms with E-state index in [0.29, 0.717) is 30.2 Å². The number of halogens is 1. The highest BCUT2D eigenvalue weighted by Crippen LogP contribution is 2.30. The van der Waals surface area contributed by atoms with Gasteiger partial charge in [-0.2, -0.15) is 0 Å². The number of hydrogen-bond donors (Lipinski definition) is 1. The Kier molecular flexibility index (Phi) is 5.65. The zero-order chi connectivity index (χ0) is 18.6. The van der Waals surface area contributed by atoms with Gasteiger partial charge in [-0.15, -0.1) is 0 Å². The first-order chi connectivity index (χ1) is 13.2. The zero-order valence-electron chi connectivity index (χ0n) is 15.5. The number of carbonyl (C=O) groups is 1. The van der Waals surface area contributed by atoms with Crippen LogP contribution in [0.2, 0.25) is 5.02 Å². The van der Waals surface area contributed by atoms with Gasteiger partial charge in [0.05, 0.1) is 17.3 Å². The van der Waals surface area contributed by atoms with Crippen molar-refractivity contribution in [3.8, 4) is 0 Å². The van der Waals surface area contributed by atoms with Crippen LogP contribution in [0.4, 0.5) is 11.4 Å². The SMILES string of the molecule is O=C1CN([C@H]2CC[C@H](Nc3ccccc3)CC2)CCN1c1ccccc1Cl. The Morgan fingerprint density at radius 2 is 1.59 bits per heavy atom. The fraction of sp³-hybridized carbons (Fsp3) is 0.409. The van der Waals surface area contributed by atoms with Gasteiger partial charge in [-0.05, 0) is 49.9 Å². The average Bonchev–Trinajstić information content (AvgIpc) is 2.70. The number of amides is 1. The van der Waals surface area contributed by atoms with Crippen molar-refractivity contribution in [2.45, 2.75) is 37.8 Å². The van der Waals surface area contributed by atoms with Gasteiger partial charge in [0.25, 0.3) is 0 Å². The van der Waals surface area contributed by atoms with Gasteiger partial charge in [0.15, 0.2) is 0 Å². The minimum atomic E-state index is 0.152. The second kappa shape index (κ2) is 8.32. The summed E-state index contributed by atoms with van der Waals surface area (Å²) in [5.74, 6) is 0.152. The Labute approximate surface area is 166 Å². The molecule has 1 aliphatic heterocycles. The Bertz CT molecular complexity index is 774. The molecule has 0 aromatic heterocycles. The molecular formula is C22H26ClN3O. The summed E-state index contributed by atoms with van der Waals surface area (Å²) in [4.78, 5) is 16.9. The molecule has 2 aromatic carbocycles. The molecule has 0 bridgehead atoms. The number of nitrogens with zero attached hydrogens (tertiary/aromatic N) is 2. The lowest BCUT2D eigenvalue weighted by atomic mass is 9.89. The van der Waals surface area contributed by atoms with Crippen molar-refractivity contribution in [3.05, 3.63) is 59.6 Å². The number of hydrogen-bond acceptors (Lipinski definition) is 3. The summed E-state index contributed by atoms with van der Waals surface area (Å²) in [5, 5.41) is 4.28. The minimum absolute atomic E-state index is 0.152. The first-order valence-electron chi connectivity index (χ1n) is 9.81. The second-order valence-electron chi connectivity index (χ2n) is 7.48. The smallest absolute Gasteiger partial charge is 0.241 e. The molecular weight excluding hydrogens is 358 g/mol. The van der Waals surface area contributed by atoms with Crippen molar-refractivity contribution in [1.29, 1.82) is 0 Å². The van der Waals surface area contributed by atoms with Crippen LogP contribution in [-0.2, 0) is 4.79 Å². The van der Waals surface area contributed by atoms with Crippen molar-refractivity contribution in [1.82, 2.24) is 4.90 Å². The first kappa shape index (κ1) is 18.3. The van der Waals surface area contributed by atoms with Crippen molar-refractivity contribution < 1.29 is 4.79 Å². The van der Waals surface area contributed by atoms with Gasteiger partial charge in [-0.3, -0.25) is 9.69 Å². The Morgan fingerprint density at radius 3 is 2.30 bits per heavy atom. The number of rotatable bonds is 4. The Morgan fingerprint density at radius 1 is 0.889 bits per heavy atom. The van der Waals surface area contributed by atoms with Crippen LogP contribution in [0.1, 0.15) is 25.7 Å². The molecule has 2 fully saturated rings. The summed E-state index contributed by atoms with van der Waals surface area (Å²) in [6, 6.07) is 19.1. The number of carbonyl (C=O) groups excluding carboxylic acids is 1. The summed E-state index contributed by atoms with van der Waals surface area (Å²) < 4.78 is 0. The zero-order valence-corrected chi connectivity index (χ0v) is 16.2. The standard InChI is InChI=1S/C22H26ClN3O/c23-20-8-4-5-9-21(20)26-15-14-25(16-22(26)27)19-12-10-18(11-13-19)24-17-6-2-1-3-7-17/h1-9,18-19,24H,10-16H2/t18-,19-. The fourth-order valence-corrected chi connectivity index (χ4v) is 4.52. The molecule has 1 amide bonds. The molecule has 142 valence electrons. The van der Waals surface area contributed by atoms with E-state index in [4.69, 9.17) is 11.6 Å². The van der Waals surface area contributed by atoms with Crippen LogP contribution < -0.4 is 10.2 Å². The molecule has 0 atom stereocenters. The van der Waals surface area contributed by atoms with E-state index >= 15 is 0 Å². The van der Waals surface area contributed by atoms with Gasteiger partial charge in [-0.1, -0.05) is 41.9 Å². The Balaban J connectivity index is 1.30. The largest absolute Gasteiger partial charge is 0.382 e. The maximum Gasteiger partial charge on any atom is 0.241 e. The molecule has 2 aromatic rings. The third kappa shape index (κ3) is 4.28. The van der Waals surface area contributed by atoms with E-state index in [9.17, 15) is 4.79 Å². The molecule has 5 heteroatoms. The topological polar surface area (TPSA) is 35.6 Å². The fourth-order valence-electron chi connectivity index (χ4n) is 4.28. The number of piperazine rings is 1. The molecule has 27 heavy (non-hydrogen) atoms. The van der Waals surface area contributed by atoms with Gasteiger partial charge in [-0.25, -0.2) is 0 Å². The molecule has 1 N–H and O–H groups in total. The summed E-state index contributed by atoms with van der Waals surface area (Å²) in [6.07, 6.45) is 4.59. The van der Waals surface area contributed by atoms with E-state index in [1.165, 1.54) is 5.69 Å². The number of para-hydroxylation sites is 2. The molecule has 4 rings (SSSR count). The van der Waals surface area contributed by atoms with Crippen LogP contribution >= 0.6 is 11.6 Å². The molecule has 1 saturated carbocycles. The molecule has 0 spiro atoms. The average molecular weight is 384 g/mol. The van der Waals surface area contributed by atoms with E-state index < -0.39 is 0 Å². The third-order valence-corrected chi connectivity index (χ3v) is 6.07. The highest BCUT2D eigenvalue weighted by atomic mass is 35.5. The number of nitrogens with one attached hydrogen (secondary N) is 1. The number of benzene rings is 2. The normalized spacial score (nSPS) is 24.0. The molecule has 1 heterocycles. The van der Waals surface area contributed by atoms with Crippen LogP contribution in [0.5, 0.6) is 0 Å². The molecule has 4 nitrogen and oxygen atoms in total. The highest BCUT2D eigenvalue weighted by molar-refractivity contribution is 6.33. The molecule has 2 aliphatic rings.